The maximum Gasteiger partial charge on any atom is 0.367 e. The van der Waals surface area contributed by atoms with Gasteiger partial charge in [-0.25, -0.2) is 4.79 Å². The fraction of sp³-hybridized carbons (Fsp3) is 0.909. The fourth-order valence-electron chi connectivity index (χ4n) is 3.88. The molecule has 2 rings (SSSR count). The Morgan fingerprint density at radius 1 is 1.15 bits per heavy atom. The van der Waals surface area contributed by atoms with E-state index in [0.29, 0.717) is 0 Å². The summed E-state index contributed by atoms with van der Waals surface area (Å²) in [5.74, 6) is -4.66. The van der Waals surface area contributed by atoms with E-state index in [0.717, 1.165) is 0 Å². The van der Waals surface area contributed by atoms with Gasteiger partial charge in [-0.05, 0) is 34.6 Å². The first-order valence-electron chi connectivity index (χ1n) is 11.1. The third-order valence-corrected chi connectivity index (χ3v) is 5.15. The number of carbonyl (C=O) groups excluding carboxylic acids is 2. The number of ether oxygens (including phenoxy) is 8. The highest BCUT2D eigenvalue weighted by Gasteiger charge is 2.57. The lowest BCUT2D eigenvalue weighted by atomic mass is 9.88. The lowest BCUT2D eigenvalue weighted by molar-refractivity contribution is -0.315. The van der Waals surface area contributed by atoms with Crippen LogP contribution in [0, 0.1) is 0 Å². The van der Waals surface area contributed by atoms with E-state index in [-0.39, 0.29) is 32.5 Å². The van der Waals surface area contributed by atoms with E-state index in [2.05, 4.69) is 5.32 Å². The molecule has 2 saturated heterocycles. The van der Waals surface area contributed by atoms with Crippen molar-refractivity contribution >= 4 is 11.9 Å². The standard InChI is InChI=1S/C22H39NO11/c1-13(24)23-16-14(29-11-27-7)9-22(26,19(25)34-20(2,3)4)33-18(16)17(30-12-28-8)15-10-31-21(5,6)32-15/h14-18,26H,9-12H2,1-8H3,(H,23,24)/t14-,15+,16+,17+,18+,22-/m0/s1. The van der Waals surface area contributed by atoms with Gasteiger partial charge in [-0.2, -0.15) is 0 Å². The summed E-state index contributed by atoms with van der Waals surface area (Å²) in [6.07, 6.45) is -3.94. The highest BCUT2D eigenvalue weighted by Crippen LogP contribution is 2.37. The van der Waals surface area contributed by atoms with Gasteiger partial charge in [0.2, 0.25) is 5.91 Å². The zero-order valence-electron chi connectivity index (χ0n) is 21.2. The van der Waals surface area contributed by atoms with Crippen molar-refractivity contribution in [2.45, 2.75) is 95.6 Å². The van der Waals surface area contributed by atoms with E-state index in [1.54, 1.807) is 34.6 Å². The first kappa shape index (κ1) is 28.9. The molecule has 0 radical (unpaired) electrons. The average Bonchev–Trinajstić information content (AvgIpc) is 3.06. The lowest BCUT2D eigenvalue weighted by Gasteiger charge is -2.47. The van der Waals surface area contributed by atoms with Gasteiger partial charge >= 0.3 is 5.97 Å². The van der Waals surface area contributed by atoms with Crippen molar-refractivity contribution < 1.29 is 52.6 Å². The normalized spacial score (nSPS) is 32.3. The van der Waals surface area contributed by atoms with Crippen LogP contribution in [-0.4, -0.2) is 99.0 Å². The van der Waals surface area contributed by atoms with Gasteiger partial charge in [0.15, 0.2) is 5.79 Å². The highest BCUT2D eigenvalue weighted by atomic mass is 16.8. The molecule has 0 aromatic heterocycles. The molecule has 198 valence electrons. The van der Waals surface area contributed by atoms with Gasteiger partial charge in [0.05, 0.1) is 18.8 Å². The van der Waals surface area contributed by atoms with Crippen LogP contribution >= 0.6 is 0 Å². The maximum absolute atomic E-state index is 13.0. The zero-order chi connectivity index (χ0) is 25.7. The van der Waals surface area contributed by atoms with Crippen LogP contribution in [0.2, 0.25) is 0 Å². The molecule has 2 N–H and O–H groups in total. The second kappa shape index (κ2) is 11.6. The summed E-state index contributed by atoms with van der Waals surface area (Å²) in [7, 11) is 2.88. The third-order valence-electron chi connectivity index (χ3n) is 5.15. The van der Waals surface area contributed by atoms with Crippen LogP contribution in [0.5, 0.6) is 0 Å². The average molecular weight is 494 g/mol. The van der Waals surface area contributed by atoms with Gasteiger partial charge in [-0.15, -0.1) is 0 Å². The van der Waals surface area contributed by atoms with Crippen molar-refractivity contribution in [1.82, 2.24) is 5.32 Å². The molecule has 0 aromatic carbocycles. The Kier molecular flexibility index (Phi) is 9.82. The molecular weight excluding hydrogens is 454 g/mol. The van der Waals surface area contributed by atoms with Crippen LogP contribution in [0.1, 0.15) is 48.0 Å². The van der Waals surface area contributed by atoms with Crippen LogP contribution < -0.4 is 5.32 Å². The molecular formula is C22H39NO11. The molecule has 34 heavy (non-hydrogen) atoms. The number of nitrogens with one attached hydrogen (secondary N) is 1. The quantitative estimate of drug-likeness (QED) is 0.323. The van der Waals surface area contributed by atoms with Crippen molar-refractivity contribution in [2.75, 3.05) is 34.4 Å². The highest BCUT2D eigenvalue weighted by molar-refractivity contribution is 5.78. The Morgan fingerprint density at radius 2 is 1.79 bits per heavy atom. The Hall–Kier alpha value is -1.38. The smallest absolute Gasteiger partial charge is 0.367 e. The number of amides is 1. The predicted molar refractivity (Wildman–Crippen MR) is 116 cm³/mol. The van der Waals surface area contributed by atoms with E-state index < -0.39 is 53.6 Å². The number of esters is 1. The SMILES string of the molecule is COCO[C@@H]([C@@H]1O[C@](O)(C(=O)OC(C)(C)C)C[C@H](OCOC)[C@H]1NC(C)=O)[C@H]1COC(C)(C)O1. The van der Waals surface area contributed by atoms with E-state index in [9.17, 15) is 14.7 Å². The molecule has 1 amide bonds. The van der Waals surface area contributed by atoms with Crippen molar-refractivity contribution in [3.8, 4) is 0 Å². The lowest BCUT2D eigenvalue weighted by Crippen LogP contribution is -2.68. The second-order valence-electron chi connectivity index (χ2n) is 9.82. The van der Waals surface area contributed by atoms with Crippen LogP contribution in [0.15, 0.2) is 0 Å². The molecule has 12 nitrogen and oxygen atoms in total. The first-order chi connectivity index (χ1) is 15.7. The summed E-state index contributed by atoms with van der Waals surface area (Å²) in [5.41, 5.74) is -0.887. The van der Waals surface area contributed by atoms with Gasteiger partial charge in [-0.3, -0.25) is 4.79 Å². The summed E-state index contributed by atoms with van der Waals surface area (Å²) in [5, 5.41) is 14.1. The largest absolute Gasteiger partial charge is 0.456 e. The van der Waals surface area contributed by atoms with Crippen LogP contribution in [-0.2, 0) is 47.5 Å². The van der Waals surface area contributed by atoms with E-state index >= 15 is 0 Å². The molecule has 12 heteroatoms. The van der Waals surface area contributed by atoms with Crippen molar-refractivity contribution in [3.63, 3.8) is 0 Å². The molecule has 0 bridgehead atoms. The van der Waals surface area contributed by atoms with Crippen molar-refractivity contribution in [3.05, 3.63) is 0 Å². The Labute approximate surface area is 200 Å². The summed E-state index contributed by atoms with van der Waals surface area (Å²) < 4.78 is 44.8. The molecule has 2 aliphatic heterocycles. The summed E-state index contributed by atoms with van der Waals surface area (Å²) in [6, 6.07) is -0.843. The summed E-state index contributed by atoms with van der Waals surface area (Å²) in [6.45, 7) is 9.68. The molecule has 0 aliphatic carbocycles. The number of carbonyl (C=O) groups is 2. The zero-order valence-corrected chi connectivity index (χ0v) is 21.2. The van der Waals surface area contributed by atoms with E-state index in [1.807, 2.05) is 0 Å². The molecule has 2 fully saturated rings. The minimum absolute atomic E-state index is 0.141. The van der Waals surface area contributed by atoms with Gasteiger partial charge in [0.25, 0.3) is 5.79 Å². The minimum atomic E-state index is -2.39. The molecule has 0 spiro atoms. The molecule has 0 unspecified atom stereocenters. The number of hydrogen-bond donors (Lipinski definition) is 2. The fourth-order valence-corrected chi connectivity index (χ4v) is 3.88. The van der Waals surface area contributed by atoms with E-state index in [1.165, 1.54) is 21.1 Å². The molecule has 6 atom stereocenters. The van der Waals surface area contributed by atoms with Crippen LogP contribution in [0.4, 0.5) is 0 Å². The van der Waals surface area contributed by atoms with Crippen molar-refractivity contribution in [2.24, 2.45) is 0 Å². The van der Waals surface area contributed by atoms with Gasteiger partial charge in [0.1, 0.15) is 37.5 Å². The second-order valence-corrected chi connectivity index (χ2v) is 9.82. The molecule has 0 saturated carbocycles. The topological polar surface area (TPSA) is 140 Å². The maximum atomic E-state index is 13.0. The van der Waals surface area contributed by atoms with E-state index in [4.69, 9.17) is 37.9 Å². The number of hydrogen-bond acceptors (Lipinski definition) is 11. The minimum Gasteiger partial charge on any atom is -0.456 e. The predicted octanol–water partition coefficient (Wildman–Crippen LogP) is 0.440. The van der Waals surface area contributed by atoms with Gasteiger partial charge in [0, 0.05) is 27.6 Å². The Morgan fingerprint density at radius 3 is 2.29 bits per heavy atom. The van der Waals surface area contributed by atoms with Crippen molar-refractivity contribution in [1.29, 1.82) is 0 Å². The van der Waals surface area contributed by atoms with Crippen LogP contribution in [0.3, 0.4) is 0 Å². The summed E-state index contributed by atoms with van der Waals surface area (Å²) in [4.78, 5) is 25.1. The third kappa shape index (κ3) is 7.82. The first-order valence-corrected chi connectivity index (χ1v) is 11.1. The summed E-state index contributed by atoms with van der Waals surface area (Å²) >= 11 is 0. The van der Waals surface area contributed by atoms with Gasteiger partial charge < -0.3 is 48.3 Å². The Bertz CT molecular complexity index is 695. The van der Waals surface area contributed by atoms with Gasteiger partial charge in [-0.1, -0.05) is 0 Å². The number of methoxy groups -OCH3 is 2. The molecule has 2 heterocycles. The van der Waals surface area contributed by atoms with Crippen LogP contribution in [0.25, 0.3) is 0 Å². The molecule has 0 aromatic rings. The Balaban J connectivity index is 2.48. The monoisotopic (exact) mass is 493 g/mol. The number of aliphatic hydroxyl groups is 1. The molecule has 2 aliphatic rings. The number of rotatable bonds is 10.